The summed E-state index contributed by atoms with van der Waals surface area (Å²) in [4.78, 5) is 0.393. The van der Waals surface area contributed by atoms with Gasteiger partial charge in [-0.25, -0.2) is 13.1 Å². The third-order valence-corrected chi connectivity index (χ3v) is 4.34. The van der Waals surface area contributed by atoms with E-state index < -0.39 is 15.6 Å². The molecule has 0 saturated heterocycles. The van der Waals surface area contributed by atoms with Crippen molar-refractivity contribution in [3.8, 4) is 0 Å². The van der Waals surface area contributed by atoms with Crippen molar-refractivity contribution in [1.29, 1.82) is 0 Å². The summed E-state index contributed by atoms with van der Waals surface area (Å²) in [5.74, 6) is 0. The maximum Gasteiger partial charge on any atom is 0.241 e. The Kier molecular flexibility index (Phi) is 4.15. The second-order valence-corrected chi connectivity index (χ2v) is 7.29. The van der Waals surface area contributed by atoms with Gasteiger partial charge in [-0.1, -0.05) is 24.4 Å². The highest BCUT2D eigenvalue weighted by molar-refractivity contribution is 7.89. The molecule has 0 fully saturated rings. The summed E-state index contributed by atoms with van der Waals surface area (Å²) in [6, 6.07) is 4.92. The molecule has 4 nitrogen and oxygen atoms in total. The van der Waals surface area contributed by atoms with E-state index in [0.29, 0.717) is 11.1 Å². The van der Waals surface area contributed by atoms with Gasteiger partial charge >= 0.3 is 0 Å². The Balaban J connectivity index is 3.32. The van der Waals surface area contributed by atoms with E-state index in [1.165, 1.54) is 6.07 Å². The van der Waals surface area contributed by atoms with E-state index in [4.69, 9.17) is 18.0 Å². The van der Waals surface area contributed by atoms with E-state index in [2.05, 4.69) is 4.72 Å². The molecular formula is C12H18N2O2S2. The zero-order valence-electron chi connectivity index (χ0n) is 10.9. The van der Waals surface area contributed by atoms with Crippen molar-refractivity contribution < 1.29 is 8.42 Å². The van der Waals surface area contributed by atoms with Gasteiger partial charge in [-0.2, -0.15) is 0 Å². The fraction of sp³-hybridized carbons (Fsp3) is 0.417. The Hall–Kier alpha value is -0.980. The van der Waals surface area contributed by atoms with Crippen LogP contribution in [0.2, 0.25) is 0 Å². The Bertz CT molecular complexity index is 572. The van der Waals surface area contributed by atoms with Crippen molar-refractivity contribution in [2.24, 2.45) is 5.73 Å². The first-order valence-corrected chi connectivity index (χ1v) is 7.36. The van der Waals surface area contributed by atoms with Crippen LogP contribution in [-0.2, 0) is 10.0 Å². The summed E-state index contributed by atoms with van der Waals surface area (Å²) in [7, 11) is -3.57. The van der Waals surface area contributed by atoms with Crippen LogP contribution in [0.5, 0.6) is 0 Å². The molecule has 0 heterocycles. The molecule has 0 aromatic heterocycles. The molecule has 0 aliphatic heterocycles. The van der Waals surface area contributed by atoms with Crippen LogP contribution in [0, 0.1) is 6.92 Å². The second kappa shape index (κ2) is 4.95. The Morgan fingerprint density at radius 2 is 1.89 bits per heavy atom. The normalized spacial score (nSPS) is 12.4. The van der Waals surface area contributed by atoms with Crippen molar-refractivity contribution in [2.45, 2.75) is 38.1 Å². The van der Waals surface area contributed by atoms with Gasteiger partial charge in [-0.05, 0) is 39.3 Å². The van der Waals surface area contributed by atoms with Gasteiger partial charge in [0.2, 0.25) is 10.0 Å². The Morgan fingerprint density at radius 3 is 2.33 bits per heavy atom. The quantitative estimate of drug-likeness (QED) is 0.830. The molecule has 1 aromatic carbocycles. The van der Waals surface area contributed by atoms with Gasteiger partial charge in [0.25, 0.3) is 0 Å². The summed E-state index contributed by atoms with van der Waals surface area (Å²) >= 11 is 4.86. The predicted molar refractivity (Wildman–Crippen MR) is 77.1 cm³/mol. The third kappa shape index (κ3) is 3.76. The van der Waals surface area contributed by atoms with Crippen molar-refractivity contribution in [3.05, 3.63) is 29.3 Å². The van der Waals surface area contributed by atoms with Gasteiger partial charge in [0.05, 0.1) is 4.90 Å². The number of benzene rings is 1. The third-order valence-electron chi connectivity index (χ3n) is 2.20. The molecule has 0 spiro atoms. The minimum Gasteiger partial charge on any atom is -0.389 e. The van der Waals surface area contributed by atoms with Crippen molar-refractivity contribution in [3.63, 3.8) is 0 Å². The molecule has 0 aliphatic rings. The topological polar surface area (TPSA) is 72.2 Å². The van der Waals surface area contributed by atoms with E-state index in [1.807, 2.05) is 0 Å². The molecule has 0 aliphatic carbocycles. The molecule has 0 bridgehead atoms. The number of nitrogens with one attached hydrogen (secondary N) is 1. The summed E-state index contributed by atoms with van der Waals surface area (Å²) < 4.78 is 27.1. The van der Waals surface area contributed by atoms with Crippen LogP contribution in [-0.4, -0.2) is 18.9 Å². The average Bonchev–Trinajstić information content (AvgIpc) is 2.13. The van der Waals surface area contributed by atoms with Crippen molar-refractivity contribution in [1.82, 2.24) is 4.72 Å². The largest absolute Gasteiger partial charge is 0.389 e. The Morgan fingerprint density at radius 1 is 1.33 bits per heavy atom. The first kappa shape index (κ1) is 15.1. The smallest absolute Gasteiger partial charge is 0.241 e. The molecule has 100 valence electrons. The van der Waals surface area contributed by atoms with Crippen molar-refractivity contribution >= 4 is 27.2 Å². The molecule has 0 saturated carbocycles. The molecule has 1 aromatic rings. The van der Waals surface area contributed by atoms with Gasteiger partial charge < -0.3 is 5.73 Å². The fourth-order valence-corrected chi connectivity index (χ4v) is 3.32. The van der Waals surface area contributed by atoms with E-state index in [0.717, 1.165) is 0 Å². The van der Waals surface area contributed by atoms with E-state index in [9.17, 15) is 8.42 Å². The first-order chi connectivity index (χ1) is 8.03. The minimum atomic E-state index is -3.57. The van der Waals surface area contributed by atoms with Crippen LogP contribution in [0.1, 0.15) is 31.9 Å². The number of sulfonamides is 1. The second-order valence-electron chi connectivity index (χ2n) is 5.20. The van der Waals surface area contributed by atoms with Gasteiger partial charge in [0.1, 0.15) is 4.99 Å². The predicted octanol–water partition coefficient (Wildman–Crippen LogP) is 1.71. The lowest BCUT2D eigenvalue weighted by Gasteiger charge is -2.21. The SMILES string of the molecule is Cc1ccc(C(N)=S)cc1S(=O)(=O)NC(C)(C)C. The zero-order chi connectivity index (χ0) is 14.1. The monoisotopic (exact) mass is 286 g/mol. The fourth-order valence-electron chi connectivity index (χ4n) is 1.50. The Labute approximate surface area is 114 Å². The van der Waals surface area contributed by atoms with Gasteiger partial charge in [-0.3, -0.25) is 0 Å². The molecule has 0 radical (unpaired) electrons. The lowest BCUT2D eigenvalue weighted by molar-refractivity contribution is 0.491. The number of rotatable bonds is 3. The number of nitrogens with two attached hydrogens (primary N) is 1. The zero-order valence-corrected chi connectivity index (χ0v) is 12.6. The van der Waals surface area contributed by atoms with Crippen LogP contribution in [0.4, 0.5) is 0 Å². The van der Waals surface area contributed by atoms with Gasteiger partial charge in [0, 0.05) is 11.1 Å². The summed E-state index contributed by atoms with van der Waals surface area (Å²) in [5.41, 5.74) is 6.19. The highest BCUT2D eigenvalue weighted by Crippen LogP contribution is 2.19. The van der Waals surface area contributed by atoms with Gasteiger partial charge in [-0.15, -0.1) is 0 Å². The lowest BCUT2D eigenvalue weighted by Crippen LogP contribution is -2.40. The maximum absolute atomic E-state index is 12.2. The molecule has 0 atom stereocenters. The van der Waals surface area contributed by atoms with Crippen LogP contribution < -0.4 is 10.5 Å². The average molecular weight is 286 g/mol. The highest BCUT2D eigenvalue weighted by atomic mass is 32.2. The van der Waals surface area contributed by atoms with Crippen LogP contribution in [0.15, 0.2) is 23.1 Å². The molecule has 0 unspecified atom stereocenters. The standard InChI is InChI=1S/C12H18N2O2S2/c1-8-5-6-9(11(13)17)7-10(8)18(15,16)14-12(2,3)4/h5-7,14H,1-4H3,(H2,13,17). The van der Waals surface area contributed by atoms with Crippen LogP contribution in [0.25, 0.3) is 0 Å². The van der Waals surface area contributed by atoms with Gasteiger partial charge in [0.15, 0.2) is 0 Å². The molecule has 0 amide bonds. The lowest BCUT2D eigenvalue weighted by atomic mass is 10.1. The van der Waals surface area contributed by atoms with E-state index >= 15 is 0 Å². The number of hydrogen-bond donors (Lipinski definition) is 2. The summed E-state index contributed by atoms with van der Waals surface area (Å²) in [6.07, 6.45) is 0. The summed E-state index contributed by atoms with van der Waals surface area (Å²) in [5, 5.41) is 0. The molecule has 6 heteroatoms. The summed E-state index contributed by atoms with van der Waals surface area (Å²) in [6.45, 7) is 7.10. The maximum atomic E-state index is 12.2. The molecule has 3 N–H and O–H groups in total. The minimum absolute atomic E-state index is 0.183. The number of hydrogen-bond acceptors (Lipinski definition) is 3. The van der Waals surface area contributed by atoms with Crippen LogP contribution in [0.3, 0.4) is 0 Å². The molecule has 18 heavy (non-hydrogen) atoms. The van der Waals surface area contributed by atoms with Crippen LogP contribution >= 0.6 is 12.2 Å². The highest BCUT2D eigenvalue weighted by Gasteiger charge is 2.23. The molecule has 1 rings (SSSR count). The first-order valence-electron chi connectivity index (χ1n) is 5.47. The molecular weight excluding hydrogens is 268 g/mol. The van der Waals surface area contributed by atoms with E-state index in [-0.39, 0.29) is 9.88 Å². The van der Waals surface area contributed by atoms with Crippen molar-refractivity contribution in [2.75, 3.05) is 0 Å². The van der Waals surface area contributed by atoms with E-state index in [1.54, 1.807) is 39.8 Å². The number of aryl methyl sites for hydroxylation is 1. The number of thiocarbonyl (C=S) groups is 1.